The highest BCUT2D eigenvalue weighted by Gasteiger charge is 2.23. The molecule has 1 saturated heterocycles. The summed E-state index contributed by atoms with van der Waals surface area (Å²) in [5, 5.41) is 2.79. The van der Waals surface area contributed by atoms with Gasteiger partial charge in [-0.1, -0.05) is 20.8 Å². The fourth-order valence-electron chi connectivity index (χ4n) is 1.84. The number of carbonyl (C=O) groups is 1. The predicted octanol–water partition coefficient (Wildman–Crippen LogP) is -0.00410. The summed E-state index contributed by atoms with van der Waals surface area (Å²) in [5.41, 5.74) is 2.37. The summed E-state index contributed by atoms with van der Waals surface area (Å²) in [6.07, 6.45) is 0. The molecular formula is C12H20N6O. The number of carbonyl (C=O) groups excluding carboxylic acids is 1. The Kier molecular flexibility index (Phi) is 3.57. The van der Waals surface area contributed by atoms with Crippen LogP contribution in [0, 0.1) is 0 Å². The Morgan fingerprint density at radius 1 is 1.42 bits per heavy atom. The highest BCUT2D eigenvalue weighted by atomic mass is 16.2. The number of nitrogen functional groups attached to an aromatic ring is 1. The first-order chi connectivity index (χ1) is 8.90. The number of nitrogens with zero attached hydrogens (tertiary/aromatic N) is 3. The zero-order chi connectivity index (χ0) is 14.0. The third-order valence-corrected chi connectivity index (χ3v) is 2.89. The number of rotatable bonds is 2. The van der Waals surface area contributed by atoms with Crippen molar-refractivity contribution in [3.05, 3.63) is 11.9 Å². The van der Waals surface area contributed by atoms with Crippen molar-refractivity contribution in [2.24, 2.45) is 5.84 Å². The molecule has 1 aliphatic heterocycles. The summed E-state index contributed by atoms with van der Waals surface area (Å²) in [6.45, 7) is 7.78. The smallest absolute Gasteiger partial charge is 0.239 e. The molecule has 0 bridgehead atoms. The molecular weight excluding hydrogens is 244 g/mol. The third kappa shape index (κ3) is 3.11. The van der Waals surface area contributed by atoms with Gasteiger partial charge in [-0.25, -0.2) is 15.8 Å². The quantitative estimate of drug-likeness (QED) is 0.514. The summed E-state index contributed by atoms with van der Waals surface area (Å²) in [6, 6.07) is 1.76. The first-order valence-corrected chi connectivity index (χ1v) is 6.28. The van der Waals surface area contributed by atoms with Gasteiger partial charge in [0.1, 0.15) is 17.5 Å². The van der Waals surface area contributed by atoms with Gasteiger partial charge in [-0.2, -0.15) is 0 Å². The van der Waals surface area contributed by atoms with E-state index in [2.05, 4.69) is 20.7 Å². The van der Waals surface area contributed by atoms with Crippen LogP contribution in [0.3, 0.4) is 0 Å². The third-order valence-electron chi connectivity index (χ3n) is 2.89. The van der Waals surface area contributed by atoms with E-state index in [9.17, 15) is 4.79 Å². The van der Waals surface area contributed by atoms with Gasteiger partial charge in [0, 0.05) is 24.6 Å². The summed E-state index contributed by atoms with van der Waals surface area (Å²) in [4.78, 5) is 22.3. The van der Waals surface area contributed by atoms with E-state index in [0.717, 1.165) is 12.4 Å². The van der Waals surface area contributed by atoms with Crippen molar-refractivity contribution in [2.75, 3.05) is 30.0 Å². The van der Waals surface area contributed by atoms with Crippen molar-refractivity contribution in [3.8, 4) is 0 Å². The van der Waals surface area contributed by atoms with Crippen LogP contribution in [0.25, 0.3) is 0 Å². The normalized spacial score (nSPS) is 16.2. The van der Waals surface area contributed by atoms with Gasteiger partial charge in [0.05, 0.1) is 6.54 Å². The Morgan fingerprint density at radius 2 is 2.16 bits per heavy atom. The molecule has 104 valence electrons. The predicted molar refractivity (Wildman–Crippen MR) is 73.8 cm³/mol. The Morgan fingerprint density at radius 3 is 2.74 bits per heavy atom. The molecule has 0 unspecified atom stereocenters. The molecule has 0 atom stereocenters. The molecule has 1 aliphatic rings. The van der Waals surface area contributed by atoms with E-state index in [0.29, 0.717) is 24.7 Å². The average Bonchev–Trinajstić information content (AvgIpc) is 2.37. The largest absolute Gasteiger partial charge is 0.353 e. The first-order valence-electron chi connectivity index (χ1n) is 6.28. The molecule has 1 fully saturated rings. The monoisotopic (exact) mass is 264 g/mol. The number of aromatic nitrogens is 2. The molecule has 4 N–H and O–H groups in total. The maximum Gasteiger partial charge on any atom is 0.239 e. The lowest BCUT2D eigenvalue weighted by Crippen LogP contribution is -2.48. The highest BCUT2D eigenvalue weighted by molar-refractivity contribution is 5.82. The van der Waals surface area contributed by atoms with Crippen LogP contribution in [0.4, 0.5) is 11.6 Å². The standard InChI is InChI=1S/C12H20N6O/c1-12(2,3)11-15-8(17-13)6-9(16-11)18-5-4-14-10(19)7-18/h6H,4-5,7,13H2,1-3H3,(H,14,19)(H,15,16,17). The lowest BCUT2D eigenvalue weighted by Gasteiger charge is -2.29. The SMILES string of the molecule is CC(C)(C)c1nc(NN)cc(N2CCNC(=O)C2)n1. The molecule has 7 heteroatoms. The van der Waals surface area contributed by atoms with Gasteiger partial charge in [0.2, 0.25) is 5.91 Å². The summed E-state index contributed by atoms with van der Waals surface area (Å²) < 4.78 is 0. The molecule has 1 aromatic rings. The van der Waals surface area contributed by atoms with E-state index in [4.69, 9.17) is 5.84 Å². The van der Waals surface area contributed by atoms with Gasteiger partial charge in [0.25, 0.3) is 0 Å². The van der Waals surface area contributed by atoms with Gasteiger partial charge in [-0.05, 0) is 0 Å². The van der Waals surface area contributed by atoms with Gasteiger partial charge >= 0.3 is 0 Å². The lowest BCUT2D eigenvalue weighted by atomic mass is 9.96. The second-order valence-electron chi connectivity index (χ2n) is 5.60. The van der Waals surface area contributed by atoms with E-state index in [-0.39, 0.29) is 11.3 Å². The average molecular weight is 264 g/mol. The minimum atomic E-state index is -0.181. The molecule has 0 aliphatic carbocycles. The molecule has 0 radical (unpaired) electrons. The van der Waals surface area contributed by atoms with Crippen LogP contribution >= 0.6 is 0 Å². The van der Waals surface area contributed by atoms with Crippen LogP contribution in [-0.4, -0.2) is 35.5 Å². The van der Waals surface area contributed by atoms with Crippen LogP contribution in [0.1, 0.15) is 26.6 Å². The van der Waals surface area contributed by atoms with E-state index < -0.39 is 0 Å². The second-order valence-corrected chi connectivity index (χ2v) is 5.60. The lowest BCUT2D eigenvalue weighted by molar-refractivity contribution is -0.120. The van der Waals surface area contributed by atoms with Crippen molar-refractivity contribution in [2.45, 2.75) is 26.2 Å². The number of nitrogens with one attached hydrogen (secondary N) is 2. The van der Waals surface area contributed by atoms with Gasteiger partial charge in [-0.3, -0.25) is 4.79 Å². The number of hydrazine groups is 1. The van der Waals surface area contributed by atoms with Crippen LogP contribution < -0.4 is 21.5 Å². The first kappa shape index (κ1) is 13.5. The number of hydrogen-bond donors (Lipinski definition) is 3. The summed E-state index contributed by atoms with van der Waals surface area (Å²) >= 11 is 0. The van der Waals surface area contributed by atoms with Gasteiger partial charge in [-0.15, -0.1) is 0 Å². The number of hydrogen-bond acceptors (Lipinski definition) is 6. The zero-order valence-corrected chi connectivity index (χ0v) is 11.5. The van der Waals surface area contributed by atoms with Crippen LogP contribution in [0.5, 0.6) is 0 Å². The minimum absolute atomic E-state index is 0.00410. The Hall–Kier alpha value is -1.89. The number of anilines is 2. The highest BCUT2D eigenvalue weighted by Crippen LogP contribution is 2.23. The second kappa shape index (κ2) is 5.00. The fourth-order valence-corrected chi connectivity index (χ4v) is 1.84. The molecule has 0 saturated carbocycles. The number of nitrogens with two attached hydrogens (primary N) is 1. The maximum atomic E-state index is 11.4. The molecule has 19 heavy (non-hydrogen) atoms. The van der Waals surface area contributed by atoms with Crippen molar-refractivity contribution in [1.82, 2.24) is 15.3 Å². The van der Waals surface area contributed by atoms with Crippen molar-refractivity contribution >= 4 is 17.5 Å². The minimum Gasteiger partial charge on any atom is -0.353 e. The van der Waals surface area contributed by atoms with Crippen LogP contribution in [-0.2, 0) is 10.2 Å². The summed E-state index contributed by atoms with van der Waals surface area (Å²) in [5.74, 6) is 7.43. The molecule has 1 amide bonds. The summed E-state index contributed by atoms with van der Waals surface area (Å²) in [7, 11) is 0. The van der Waals surface area contributed by atoms with E-state index in [1.807, 2.05) is 25.7 Å². The van der Waals surface area contributed by atoms with Crippen molar-refractivity contribution in [1.29, 1.82) is 0 Å². The Bertz CT molecular complexity index is 482. The topological polar surface area (TPSA) is 96.2 Å². The van der Waals surface area contributed by atoms with Crippen molar-refractivity contribution < 1.29 is 4.79 Å². The number of amides is 1. The van der Waals surface area contributed by atoms with E-state index in [1.165, 1.54) is 0 Å². The molecule has 2 rings (SSSR count). The van der Waals surface area contributed by atoms with Crippen molar-refractivity contribution in [3.63, 3.8) is 0 Å². The zero-order valence-electron chi connectivity index (χ0n) is 11.5. The van der Waals surface area contributed by atoms with E-state index >= 15 is 0 Å². The molecule has 1 aromatic heterocycles. The number of piperazine rings is 1. The fraction of sp³-hybridized carbons (Fsp3) is 0.583. The van der Waals surface area contributed by atoms with Gasteiger partial charge in [0.15, 0.2) is 0 Å². The molecule has 0 aromatic carbocycles. The van der Waals surface area contributed by atoms with Gasteiger partial charge < -0.3 is 15.6 Å². The molecule has 2 heterocycles. The maximum absolute atomic E-state index is 11.4. The Balaban J connectivity index is 2.36. The molecule has 0 spiro atoms. The van der Waals surface area contributed by atoms with Crippen LogP contribution in [0.2, 0.25) is 0 Å². The van der Waals surface area contributed by atoms with E-state index in [1.54, 1.807) is 6.07 Å². The van der Waals surface area contributed by atoms with Crippen LogP contribution in [0.15, 0.2) is 6.07 Å². The molecule has 7 nitrogen and oxygen atoms in total. The Labute approximate surface area is 112 Å².